The Balaban J connectivity index is 2.35. The first-order valence-electron chi connectivity index (χ1n) is 3.91. The summed E-state index contributed by atoms with van der Waals surface area (Å²) in [7, 11) is 1.40. The van der Waals surface area contributed by atoms with Gasteiger partial charge in [-0.1, -0.05) is 0 Å². The third kappa shape index (κ3) is 1.33. The largest absolute Gasteiger partial charge is 0.467 e. The summed E-state index contributed by atoms with van der Waals surface area (Å²) >= 11 is 1.62. The number of thiophene rings is 1. The molecule has 0 saturated carbocycles. The summed E-state index contributed by atoms with van der Waals surface area (Å²) < 4.78 is 4.69. The van der Waals surface area contributed by atoms with Crippen LogP contribution in [0, 0.1) is 0 Å². The number of fused-ring (bicyclic) bond motifs is 1. The number of esters is 1. The summed E-state index contributed by atoms with van der Waals surface area (Å²) in [5, 5.41) is 4.93. The van der Waals surface area contributed by atoms with Crippen molar-refractivity contribution in [2.45, 2.75) is 6.04 Å². The van der Waals surface area contributed by atoms with E-state index in [0.717, 1.165) is 10.4 Å². The highest BCUT2D eigenvalue weighted by molar-refractivity contribution is 7.11. The van der Waals surface area contributed by atoms with Crippen molar-refractivity contribution in [1.29, 1.82) is 0 Å². The van der Waals surface area contributed by atoms with E-state index in [1.165, 1.54) is 7.11 Å². The summed E-state index contributed by atoms with van der Waals surface area (Å²) in [6, 6.07) is 1.61. The zero-order valence-electron chi connectivity index (χ0n) is 7.11. The lowest BCUT2D eigenvalue weighted by Gasteiger charge is -2.18. The Kier molecular flexibility index (Phi) is 2.06. The molecule has 0 fully saturated rings. The number of hydrogen-bond donors (Lipinski definition) is 1. The van der Waals surface area contributed by atoms with Crippen LogP contribution in [0.25, 0.3) is 6.08 Å². The van der Waals surface area contributed by atoms with Crippen LogP contribution in [0.15, 0.2) is 17.6 Å². The first-order valence-corrected chi connectivity index (χ1v) is 4.78. The Bertz CT molecular complexity index is 356. The van der Waals surface area contributed by atoms with Gasteiger partial charge in [-0.3, -0.25) is 0 Å². The van der Waals surface area contributed by atoms with Crippen LogP contribution in [0.1, 0.15) is 16.5 Å². The Morgan fingerprint density at radius 3 is 3.31 bits per heavy atom. The van der Waals surface area contributed by atoms with Gasteiger partial charge in [-0.25, -0.2) is 4.79 Å². The molecule has 0 bridgehead atoms. The van der Waals surface area contributed by atoms with E-state index in [0.29, 0.717) is 0 Å². The second-order valence-corrected chi connectivity index (χ2v) is 3.64. The van der Waals surface area contributed by atoms with Crippen LogP contribution in [0.3, 0.4) is 0 Å². The molecule has 2 heterocycles. The van der Waals surface area contributed by atoms with Crippen molar-refractivity contribution in [2.24, 2.45) is 0 Å². The van der Waals surface area contributed by atoms with Gasteiger partial charge in [0.15, 0.2) is 6.04 Å². The van der Waals surface area contributed by atoms with E-state index < -0.39 is 0 Å². The lowest BCUT2D eigenvalue weighted by molar-refractivity contribution is -0.143. The molecule has 1 aliphatic heterocycles. The molecule has 0 spiro atoms. The summed E-state index contributed by atoms with van der Waals surface area (Å²) in [5.41, 5.74) is 0.999. The molecule has 3 nitrogen and oxygen atoms in total. The highest BCUT2D eigenvalue weighted by Gasteiger charge is 2.24. The fraction of sp³-hybridized carbons (Fsp3) is 0.222. The fourth-order valence-corrected chi connectivity index (χ4v) is 2.16. The normalized spacial score (nSPS) is 19.0. The number of carbonyl (C=O) groups is 1. The van der Waals surface area contributed by atoms with E-state index >= 15 is 0 Å². The van der Waals surface area contributed by atoms with Crippen LogP contribution in [0.2, 0.25) is 0 Å². The van der Waals surface area contributed by atoms with Crippen LogP contribution in [-0.2, 0) is 9.53 Å². The van der Waals surface area contributed by atoms with Crippen LogP contribution in [-0.4, -0.2) is 13.1 Å². The SMILES string of the molecule is COC(=O)C1NC=Cc2sccc21. The monoisotopic (exact) mass is 195 g/mol. The molecule has 0 radical (unpaired) electrons. The van der Waals surface area contributed by atoms with Crippen molar-refractivity contribution in [3.05, 3.63) is 28.1 Å². The first-order chi connectivity index (χ1) is 6.33. The van der Waals surface area contributed by atoms with Gasteiger partial charge in [0.25, 0.3) is 0 Å². The lowest BCUT2D eigenvalue weighted by Crippen LogP contribution is -2.27. The second kappa shape index (κ2) is 3.22. The number of hydrogen-bond acceptors (Lipinski definition) is 4. The van der Waals surface area contributed by atoms with Gasteiger partial charge in [-0.2, -0.15) is 0 Å². The zero-order chi connectivity index (χ0) is 9.26. The van der Waals surface area contributed by atoms with Gasteiger partial charge >= 0.3 is 5.97 Å². The van der Waals surface area contributed by atoms with Crippen molar-refractivity contribution in [3.63, 3.8) is 0 Å². The topological polar surface area (TPSA) is 38.3 Å². The van der Waals surface area contributed by atoms with Gasteiger partial charge < -0.3 is 10.1 Å². The molecule has 1 aromatic rings. The molecule has 1 N–H and O–H groups in total. The van der Waals surface area contributed by atoms with Crippen LogP contribution < -0.4 is 5.32 Å². The maximum absolute atomic E-state index is 11.3. The van der Waals surface area contributed by atoms with E-state index in [1.54, 1.807) is 17.5 Å². The molecule has 0 saturated heterocycles. The van der Waals surface area contributed by atoms with E-state index in [-0.39, 0.29) is 12.0 Å². The van der Waals surface area contributed by atoms with Crippen molar-refractivity contribution < 1.29 is 9.53 Å². The predicted molar refractivity (Wildman–Crippen MR) is 51.2 cm³/mol. The van der Waals surface area contributed by atoms with Gasteiger partial charge in [0, 0.05) is 10.4 Å². The summed E-state index contributed by atoms with van der Waals surface area (Å²) in [4.78, 5) is 12.4. The van der Waals surface area contributed by atoms with E-state index in [9.17, 15) is 4.79 Å². The van der Waals surface area contributed by atoms with Crippen LogP contribution >= 0.6 is 11.3 Å². The van der Waals surface area contributed by atoms with Crippen LogP contribution in [0.4, 0.5) is 0 Å². The molecular weight excluding hydrogens is 186 g/mol. The highest BCUT2D eigenvalue weighted by Crippen LogP contribution is 2.28. The van der Waals surface area contributed by atoms with Gasteiger partial charge in [-0.15, -0.1) is 11.3 Å². The molecular formula is C9H9NO2S. The molecule has 1 unspecified atom stereocenters. The molecule has 0 aliphatic carbocycles. The first kappa shape index (κ1) is 8.31. The molecule has 1 aliphatic rings. The Hall–Kier alpha value is -1.29. The van der Waals surface area contributed by atoms with E-state index in [2.05, 4.69) is 10.1 Å². The predicted octanol–water partition coefficient (Wildman–Crippen LogP) is 1.54. The lowest BCUT2D eigenvalue weighted by atomic mass is 10.1. The number of ether oxygens (including phenoxy) is 1. The molecule has 0 aromatic carbocycles. The van der Waals surface area contributed by atoms with Crippen molar-refractivity contribution >= 4 is 23.4 Å². The van der Waals surface area contributed by atoms with E-state index in [4.69, 9.17) is 0 Å². The second-order valence-electron chi connectivity index (χ2n) is 2.70. The maximum atomic E-state index is 11.3. The number of nitrogens with one attached hydrogen (secondary N) is 1. The molecule has 13 heavy (non-hydrogen) atoms. The average molecular weight is 195 g/mol. The number of carbonyl (C=O) groups excluding carboxylic acids is 1. The zero-order valence-corrected chi connectivity index (χ0v) is 7.93. The van der Waals surface area contributed by atoms with Crippen molar-refractivity contribution in [2.75, 3.05) is 7.11 Å². The number of rotatable bonds is 1. The third-order valence-electron chi connectivity index (χ3n) is 1.97. The Morgan fingerprint density at radius 2 is 2.54 bits per heavy atom. The molecule has 4 heteroatoms. The molecule has 68 valence electrons. The molecule has 0 amide bonds. The molecule has 1 aromatic heterocycles. The quantitative estimate of drug-likeness (QED) is 0.691. The minimum atomic E-state index is -0.337. The smallest absolute Gasteiger partial charge is 0.333 e. The van der Waals surface area contributed by atoms with Gasteiger partial charge in [0.2, 0.25) is 0 Å². The van der Waals surface area contributed by atoms with Gasteiger partial charge in [0.05, 0.1) is 7.11 Å². The van der Waals surface area contributed by atoms with Crippen molar-refractivity contribution in [3.8, 4) is 0 Å². The van der Waals surface area contributed by atoms with Gasteiger partial charge in [-0.05, 0) is 23.7 Å². The summed E-state index contributed by atoms with van der Waals surface area (Å²) in [6.45, 7) is 0. The summed E-state index contributed by atoms with van der Waals surface area (Å²) in [5.74, 6) is -0.246. The van der Waals surface area contributed by atoms with Crippen molar-refractivity contribution in [1.82, 2.24) is 5.32 Å². The maximum Gasteiger partial charge on any atom is 0.333 e. The Morgan fingerprint density at radius 1 is 1.69 bits per heavy atom. The van der Waals surface area contributed by atoms with E-state index in [1.807, 2.05) is 17.5 Å². The third-order valence-corrected chi connectivity index (χ3v) is 2.87. The highest BCUT2D eigenvalue weighted by atomic mass is 32.1. The average Bonchev–Trinajstić information content (AvgIpc) is 2.63. The molecule has 2 rings (SSSR count). The minimum absolute atomic E-state index is 0.246. The number of methoxy groups -OCH3 is 1. The minimum Gasteiger partial charge on any atom is -0.467 e. The van der Waals surface area contributed by atoms with Gasteiger partial charge in [0.1, 0.15) is 0 Å². The standard InChI is InChI=1S/C9H9NO2S/c1-12-9(11)8-6-3-5-13-7(6)2-4-10-8/h2-5,8,10H,1H3. The fourth-order valence-electron chi connectivity index (χ4n) is 1.33. The van der Waals surface area contributed by atoms with Crippen LogP contribution in [0.5, 0.6) is 0 Å². The summed E-state index contributed by atoms with van der Waals surface area (Å²) in [6.07, 6.45) is 3.74. The Labute approximate surface area is 80.0 Å². The molecule has 1 atom stereocenters.